The van der Waals surface area contributed by atoms with E-state index in [1.54, 1.807) is 38.6 Å². The molecule has 1 aliphatic heterocycles. The van der Waals surface area contributed by atoms with Crippen LogP contribution >= 0.6 is 0 Å². The van der Waals surface area contributed by atoms with Gasteiger partial charge in [0.1, 0.15) is 11.6 Å². The lowest BCUT2D eigenvalue weighted by atomic mass is 9.94. The number of ketones is 1. The van der Waals surface area contributed by atoms with Crippen molar-refractivity contribution in [2.45, 2.75) is 32.9 Å². The maximum Gasteiger partial charge on any atom is 0.295 e. The van der Waals surface area contributed by atoms with Crippen LogP contribution in [0.2, 0.25) is 0 Å². The van der Waals surface area contributed by atoms with Gasteiger partial charge in [0.25, 0.3) is 11.7 Å². The van der Waals surface area contributed by atoms with Crippen LogP contribution in [0.3, 0.4) is 0 Å². The van der Waals surface area contributed by atoms with Crippen molar-refractivity contribution in [3.63, 3.8) is 0 Å². The summed E-state index contributed by atoms with van der Waals surface area (Å²) in [5, 5.41) is 17.9. The number of imidazole rings is 1. The fourth-order valence-electron chi connectivity index (χ4n) is 4.01. The van der Waals surface area contributed by atoms with Gasteiger partial charge in [-0.2, -0.15) is 5.10 Å². The van der Waals surface area contributed by atoms with Crippen molar-refractivity contribution in [2.24, 2.45) is 0 Å². The van der Waals surface area contributed by atoms with Crippen molar-refractivity contribution >= 4 is 17.4 Å². The van der Waals surface area contributed by atoms with Crippen LogP contribution in [-0.2, 0) is 16.1 Å². The maximum atomic E-state index is 14.8. The Bertz CT molecular complexity index is 1150. The largest absolute Gasteiger partial charge is 0.507 e. The van der Waals surface area contributed by atoms with Crippen LogP contribution in [0.25, 0.3) is 5.76 Å². The highest BCUT2D eigenvalue weighted by atomic mass is 19.1. The number of hydrogen-bond acceptors (Lipinski definition) is 5. The van der Waals surface area contributed by atoms with Crippen LogP contribution in [-0.4, -0.2) is 48.0 Å². The van der Waals surface area contributed by atoms with Crippen LogP contribution in [0.4, 0.5) is 4.39 Å². The standard InChI is InChI=1S/C22H22FN5O3/c1-13-17(14(2)26-25-13)20(29)18-19(15-6-3-4-7-16(15)23)28(22(31)21(18)30)10-5-9-27-11-8-24-12-27/h3-4,6-8,11-12,19,29H,5,9-10H2,1-2H3,(H,25,26)/b20-18+/t19-/m1/s1. The summed E-state index contributed by atoms with van der Waals surface area (Å²) in [6.45, 7) is 4.17. The molecule has 9 heteroatoms. The third kappa shape index (κ3) is 3.63. The number of carbonyl (C=O) groups excluding carboxylic acids is 2. The number of aliphatic hydroxyl groups excluding tert-OH is 1. The summed E-state index contributed by atoms with van der Waals surface area (Å²) in [4.78, 5) is 31.2. The second kappa shape index (κ2) is 8.17. The van der Waals surface area contributed by atoms with Gasteiger partial charge in [0.15, 0.2) is 0 Å². The van der Waals surface area contributed by atoms with E-state index in [4.69, 9.17) is 0 Å². The molecule has 0 saturated carbocycles. The summed E-state index contributed by atoms with van der Waals surface area (Å²) in [5.41, 5.74) is 1.40. The van der Waals surface area contributed by atoms with Gasteiger partial charge in [-0.25, -0.2) is 9.37 Å². The number of nitrogens with one attached hydrogen (secondary N) is 1. The van der Waals surface area contributed by atoms with Gasteiger partial charge in [-0.15, -0.1) is 0 Å². The second-order valence-electron chi connectivity index (χ2n) is 7.48. The molecule has 1 aliphatic rings. The number of benzene rings is 1. The highest BCUT2D eigenvalue weighted by Crippen LogP contribution is 2.41. The lowest BCUT2D eigenvalue weighted by Crippen LogP contribution is -2.31. The van der Waals surface area contributed by atoms with E-state index in [0.29, 0.717) is 29.9 Å². The van der Waals surface area contributed by atoms with E-state index in [0.717, 1.165) is 0 Å². The first-order valence-electron chi connectivity index (χ1n) is 9.90. The molecule has 1 atom stereocenters. The lowest BCUT2D eigenvalue weighted by Gasteiger charge is -2.25. The first kappa shape index (κ1) is 20.5. The van der Waals surface area contributed by atoms with Crippen molar-refractivity contribution in [3.05, 3.63) is 76.9 Å². The molecule has 31 heavy (non-hydrogen) atoms. The number of carbonyl (C=O) groups is 2. The Morgan fingerprint density at radius 1 is 1.23 bits per heavy atom. The monoisotopic (exact) mass is 423 g/mol. The van der Waals surface area contributed by atoms with E-state index in [9.17, 15) is 19.1 Å². The minimum Gasteiger partial charge on any atom is -0.507 e. The van der Waals surface area contributed by atoms with Crippen LogP contribution < -0.4 is 0 Å². The summed E-state index contributed by atoms with van der Waals surface area (Å²) in [6, 6.07) is 4.94. The Labute approximate surface area is 178 Å². The molecule has 3 heterocycles. The zero-order valence-corrected chi connectivity index (χ0v) is 17.2. The smallest absolute Gasteiger partial charge is 0.295 e. The Morgan fingerprint density at radius 3 is 2.65 bits per heavy atom. The number of aryl methyl sites for hydroxylation is 3. The van der Waals surface area contributed by atoms with E-state index in [-0.39, 0.29) is 23.4 Å². The predicted molar refractivity (Wildman–Crippen MR) is 110 cm³/mol. The average molecular weight is 423 g/mol. The summed E-state index contributed by atoms with van der Waals surface area (Å²) in [5.74, 6) is -2.51. The van der Waals surface area contributed by atoms with Crippen LogP contribution in [0.5, 0.6) is 0 Å². The van der Waals surface area contributed by atoms with E-state index in [1.807, 2.05) is 4.57 Å². The van der Waals surface area contributed by atoms with Crippen LogP contribution in [0.15, 0.2) is 48.6 Å². The first-order valence-corrected chi connectivity index (χ1v) is 9.90. The molecule has 8 nitrogen and oxygen atoms in total. The van der Waals surface area contributed by atoms with Gasteiger partial charge < -0.3 is 14.6 Å². The minimum atomic E-state index is -1.03. The summed E-state index contributed by atoms with van der Waals surface area (Å²) in [7, 11) is 0. The van der Waals surface area contributed by atoms with E-state index >= 15 is 0 Å². The number of rotatable bonds is 6. The fraction of sp³-hybridized carbons (Fsp3) is 0.273. The molecule has 4 rings (SSSR count). The number of hydrogen-bond donors (Lipinski definition) is 2. The first-order chi connectivity index (χ1) is 14.9. The molecule has 160 valence electrons. The van der Waals surface area contributed by atoms with Crippen molar-refractivity contribution in [3.8, 4) is 0 Å². The maximum absolute atomic E-state index is 14.8. The van der Waals surface area contributed by atoms with Gasteiger partial charge in [-0.05, 0) is 26.3 Å². The molecule has 1 aromatic carbocycles. The Kier molecular flexibility index (Phi) is 5.41. The number of Topliss-reactive ketones (excluding diaryl/α,β-unsaturated/α-hetero) is 1. The lowest BCUT2D eigenvalue weighted by molar-refractivity contribution is -0.140. The zero-order chi connectivity index (χ0) is 22.1. The topological polar surface area (TPSA) is 104 Å². The van der Waals surface area contributed by atoms with E-state index in [1.165, 1.54) is 23.1 Å². The summed E-state index contributed by atoms with van der Waals surface area (Å²) < 4.78 is 16.6. The van der Waals surface area contributed by atoms with Crippen molar-refractivity contribution in [1.82, 2.24) is 24.6 Å². The quantitative estimate of drug-likeness (QED) is 0.360. The van der Waals surface area contributed by atoms with Gasteiger partial charge in [-0.1, -0.05) is 18.2 Å². The number of halogens is 1. The third-order valence-electron chi connectivity index (χ3n) is 5.48. The molecule has 1 amide bonds. The number of amides is 1. The molecular weight excluding hydrogens is 401 g/mol. The molecule has 0 aliphatic carbocycles. The predicted octanol–water partition coefficient (Wildman–Crippen LogP) is 2.87. The highest BCUT2D eigenvalue weighted by Gasteiger charge is 2.47. The Balaban J connectivity index is 1.78. The van der Waals surface area contributed by atoms with Crippen LogP contribution in [0.1, 0.15) is 35.0 Å². The van der Waals surface area contributed by atoms with Gasteiger partial charge in [-0.3, -0.25) is 14.7 Å². The highest BCUT2D eigenvalue weighted by molar-refractivity contribution is 6.46. The molecule has 3 aromatic rings. The fourth-order valence-corrected chi connectivity index (χ4v) is 4.01. The van der Waals surface area contributed by atoms with Gasteiger partial charge >= 0.3 is 0 Å². The Hall–Kier alpha value is -3.75. The molecule has 0 spiro atoms. The SMILES string of the molecule is Cc1n[nH]c(C)c1/C(O)=C1\C(=O)C(=O)N(CCCn2ccnc2)[C@@H]1c1ccccc1F. The second-order valence-corrected chi connectivity index (χ2v) is 7.48. The molecule has 1 saturated heterocycles. The molecule has 2 N–H and O–H groups in total. The van der Waals surface area contributed by atoms with Gasteiger partial charge in [0.05, 0.1) is 29.2 Å². The molecular formula is C22H22FN5O3. The van der Waals surface area contributed by atoms with Crippen LogP contribution in [0, 0.1) is 19.7 Å². The number of aromatic amines is 1. The van der Waals surface area contributed by atoms with Gasteiger partial charge in [0, 0.05) is 36.7 Å². The van der Waals surface area contributed by atoms with E-state index in [2.05, 4.69) is 15.2 Å². The number of aliphatic hydroxyl groups is 1. The zero-order valence-electron chi connectivity index (χ0n) is 17.2. The summed E-state index contributed by atoms with van der Waals surface area (Å²) in [6.07, 6.45) is 5.64. The minimum absolute atomic E-state index is 0.134. The number of likely N-dealkylation sites (tertiary alicyclic amines) is 1. The van der Waals surface area contributed by atoms with E-state index < -0.39 is 23.5 Å². The molecule has 0 unspecified atom stereocenters. The third-order valence-corrected chi connectivity index (χ3v) is 5.48. The average Bonchev–Trinajstić information content (AvgIpc) is 3.44. The number of nitrogens with zero attached hydrogens (tertiary/aromatic N) is 4. The van der Waals surface area contributed by atoms with Crippen molar-refractivity contribution < 1.29 is 19.1 Å². The molecule has 0 bridgehead atoms. The van der Waals surface area contributed by atoms with Crippen molar-refractivity contribution in [2.75, 3.05) is 6.54 Å². The van der Waals surface area contributed by atoms with Gasteiger partial charge in [0.2, 0.25) is 0 Å². The molecule has 1 fully saturated rings. The number of aromatic nitrogens is 4. The number of H-pyrrole nitrogens is 1. The Morgan fingerprint density at radius 2 is 2.00 bits per heavy atom. The summed E-state index contributed by atoms with van der Waals surface area (Å²) >= 11 is 0. The van der Waals surface area contributed by atoms with Crippen molar-refractivity contribution in [1.29, 1.82) is 0 Å². The molecule has 2 aromatic heterocycles. The normalized spacial score (nSPS) is 18.2. The molecule has 0 radical (unpaired) electrons.